The number of aryl methyl sites for hydroxylation is 2. The molecule has 0 unspecified atom stereocenters. The normalized spacial score (nSPS) is 14.3. The molecule has 2 aromatic heterocycles. The van der Waals surface area contributed by atoms with Crippen LogP contribution in [0.4, 0.5) is 17.6 Å². The van der Waals surface area contributed by atoms with Crippen LogP contribution in [0.2, 0.25) is 0 Å². The van der Waals surface area contributed by atoms with Crippen LogP contribution < -0.4 is 10.8 Å². The second-order valence-corrected chi connectivity index (χ2v) is 9.99. The first kappa shape index (κ1) is 26.4. The average molecular weight is 538 g/mol. The van der Waals surface area contributed by atoms with E-state index in [2.05, 4.69) is 10.4 Å². The van der Waals surface area contributed by atoms with E-state index in [9.17, 15) is 22.4 Å². The fourth-order valence-electron chi connectivity index (χ4n) is 4.78. The van der Waals surface area contributed by atoms with Crippen molar-refractivity contribution in [2.45, 2.75) is 38.5 Å². The predicted molar refractivity (Wildman–Crippen MR) is 137 cm³/mol. The van der Waals surface area contributed by atoms with Gasteiger partial charge in [-0.3, -0.25) is 14.9 Å². The first-order valence-corrected chi connectivity index (χ1v) is 12.5. The molecule has 0 bridgehead atoms. The van der Waals surface area contributed by atoms with Gasteiger partial charge in [0.15, 0.2) is 5.69 Å². The van der Waals surface area contributed by atoms with E-state index < -0.39 is 17.8 Å². The molecule has 5 rings (SSSR count). The highest BCUT2D eigenvalue weighted by atomic mass is 19.4. The number of nitrogens with one attached hydrogen (secondary N) is 2. The van der Waals surface area contributed by atoms with Crippen molar-refractivity contribution in [1.82, 2.24) is 19.7 Å². The molecule has 10 heteroatoms. The second kappa shape index (κ2) is 10.2. The lowest BCUT2D eigenvalue weighted by Gasteiger charge is -2.20. The van der Waals surface area contributed by atoms with Crippen molar-refractivity contribution in [3.8, 4) is 11.1 Å². The van der Waals surface area contributed by atoms with Crippen molar-refractivity contribution in [2.24, 2.45) is 13.0 Å². The standard InChI is InChI=1S/C29H27F4N5O/c1-17-11-20(8-9-24(17)30)26(19-6-7-19)35-28(39)22-13-18(15-38-10-4-3-5-25(38)34)12-21(14-22)23-16-37(2)36-27(23)29(31,32)33/h3-5,8-14,16,19,26,34H,6-7,15H2,1-2H3,(H,35,39)/t26-/m0/s1. The summed E-state index contributed by atoms with van der Waals surface area (Å²) in [6.45, 7) is 1.84. The number of carbonyl (C=O) groups excluding carboxylic acids is 1. The van der Waals surface area contributed by atoms with Gasteiger partial charge in [-0.05, 0) is 84.3 Å². The van der Waals surface area contributed by atoms with E-state index in [1.807, 2.05) is 0 Å². The zero-order valence-corrected chi connectivity index (χ0v) is 21.4. The van der Waals surface area contributed by atoms with Gasteiger partial charge in [0.1, 0.15) is 11.3 Å². The van der Waals surface area contributed by atoms with E-state index in [1.165, 1.54) is 25.4 Å². The zero-order valence-electron chi connectivity index (χ0n) is 21.4. The fraction of sp³-hybridized carbons (Fsp3) is 0.276. The minimum Gasteiger partial charge on any atom is -0.345 e. The maximum atomic E-state index is 13.9. The molecule has 2 heterocycles. The Labute approximate surface area is 222 Å². The fourth-order valence-corrected chi connectivity index (χ4v) is 4.78. The quantitative estimate of drug-likeness (QED) is 0.294. The molecule has 0 aliphatic heterocycles. The van der Waals surface area contributed by atoms with E-state index >= 15 is 0 Å². The van der Waals surface area contributed by atoms with Gasteiger partial charge in [0.2, 0.25) is 0 Å². The molecule has 4 aromatic rings. The van der Waals surface area contributed by atoms with Crippen LogP contribution >= 0.6 is 0 Å². The molecule has 1 amide bonds. The molecule has 0 radical (unpaired) electrons. The summed E-state index contributed by atoms with van der Waals surface area (Å²) in [7, 11) is 1.41. The topological polar surface area (TPSA) is 75.7 Å². The van der Waals surface area contributed by atoms with Crippen LogP contribution in [0.15, 0.2) is 67.0 Å². The van der Waals surface area contributed by atoms with Gasteiger partial charge in [-0.2, -0.15) is 18.3 Å². The predicted octanol–water partition coefficient (Wildman–Crippen LogP) is 5.76. The first-order chi connectivity index (χ1) is 18.5. The molecule has 1 aliphatic carbocycles. The maximum absolute atomic E-state index is 13.9. The largest absolute Gasteiger partial charge is 0.435 e. The van der Waals surface area contributed by atoms with Crippen LogP contribution in [-0.2, 0) is 19.8 Å². The second-order valence-electron chi connectivity index (χ2n) is 9.99. The number of hydrogen-bond acceptors (Lipinski definition) is 3. The number of amides is 1. The number of hydrogen-bond donors (Lipinski definition) is 2. The molecule has 202 valence electrons. The van der Waals surface area contributed by atoms with Crippen LogP contribution in [0.1, 0.15) is 51.6 Å². The highest BCUT2D eigenvalue weighted by Crippen LogP contribution is 2.42. The van der Waals surface area contributed by atoms with Gasteiger partial charge < -0.3 is 9.88 Å². The average Bonchev–Trinajstić information content (AvgIpc) is 3.64. The highest BCUT2D eigenvalue weighted by Gasteiger charge is 2.38. The number of halogens is 4. The highest BCUT2D eigenvalue weighted by molar-refractivity contribution is 5.96. The smallest absolute Gasteiger partial charge is 0.345 e. The van der Waals surface area contributed by atoms with Crippen molar-refractivity contribution < 1.29 is 22.4 Å². The molecule has 1 atom stereocenters. The molecule has 6 nitrogen and oxygen atoms in total. The Morgan fingerprint density at radius 2 is 1.92 bits per heavy atom. The van der Waals surface area contributed by atoms with Gasteiger partial charge >= 0.3 is 6.18 Å². The minimum atomic E-state index is -4.69. The summed E-state index contributed by atoms with van der Waals surface area (Å²) in [5, 5.41) is 14.8. The van der Waals surface area contributed by atoms with Crippen molar-refractivity contribution in [3.63, 3.8) is 0 Å². The van der Waals surface area contributed by atoms with Crippen LogP contribution in [0.3, 0.4) is 0 Å². The van der Waals surface area contributed by atoms with Gasteiger partial charge in [-0.25, -0.2) is 4.39 Å². The Bertz CT molecular complexity index is 1600. The zero-order chi connectivity index (χ0) is 27.9. The Morgan fingerprint density at radius 1 is 1.15 bits per heavy atom. The van der Waals surface area contributed by atoms with E-state index in [-0.39, 0.29) is 46.5 Å². The number of carbonyl (C=O) groups is 1. The molecule has 1 saturated carbocycles. The summed E-state index contributed by atoms with van der Waals surface area (Å²) in [6, 6.07) is 14.1. The third-order valence-electron chi connectivity index (χ3n) is 6.88. The molecule has 2 N–H and O–H groups in total. The van der Waals surface area contributed by atoms with Gasteiger partial charge in [0.05, 0.1) is 6.04 Å². The summed E-state index contributed by atoms with van der Waals surface area (Å²) in [6.07, 6.45) is 0.112. The van der Waals surface area contributed by atoms with Crippen LogP contribution in [0.25, 0.3) is 11.1 Å². The summed E-state index contributed by atoms with van der Waals surface area (Å²) in [4.78, 5) is 13.6. The molecule has 0 saturated heterocycles. The molecule has 2 aromatic carbocycles. The van der Waals surface area contributed by atoms with Gasteiger partial charge in [0, 0.05) is 37.1 Å². The maximum Gasteiger partial charge on any atom is 0.435 e. The lowest BCUT2D eigenvalue weighted by molar-refractivity contribution is -0.140. The molecular formula is C29H27F4N5O. The summed E-state index contributed by atoms with van der Waals surface area (Å²) >= 11 is 0. The molecular weight excluding hydrogens is 510 g/mol. The number of benzene rings is 2. The lowest BCUT2D eigenvalue weighted by Crippen LogP contribution is -2.30. The van der Waals surface area contributed by atoms with Crippen molar-refractivity contribution in [2.75, 3.05) is 0 Å². The third kappa shape index (κ3) is 5.79. The number of alkyl halides is 3. The van der Waals surface area contributed by atoms with Crippen molar-refractivity contribution in [3.05, 3.63) is 106 Å². The Hall–Kier alpha value is -4.21. The Balaban J connectivity index is 1.56. The van der Waals surface area contributed by atoms with E-state index in [0.29, 0.717) is 11.1 Å². The molecule has 0 spiro atoms. The summed E-state index contributed by atoms with van der Waals surface area (Å²) in [5.41, 5.74) is 1.23. The lowest BCUT2D eigenvalue weighted by atomic mass is 9.97. The van der Waals surface area contributed by atoms with Gasteiger partial charge in [-0.1, -0.05) is 18.2 Å². The number of aromatic nitrogens is 3. The number of rotatable bonds is 7. The van der Waals surface area contributed by atoms with Crippen molar-refractivity contribution in [1.29, 1.82) is 5.41 Å². The van der Waals surface area contributed by atoms with Crippen LogP contribution in [-0.4, -0.2) is 20.3 Å². The summed E-state index contributed by atoms with van der Waals surface area (Å²) in [5.74, 6) is -0.581. The van der Waals surface area contributed by atoms with Crippen LogP contribution in [0.5, 0.6) is 0 Å². The van der Waals surface area contributed by atoms with Crippen LogP contribution in [0, 0.1) is 24.1 Å². The number of nitrogens with zero attached hydrogens (tertiary/aromatic N) is 3. The van der Waals surface area contributed by atoms with E-state index in [1.54, 1.807) is 60.2 Å². The molecule has 39 heavy (non-hydrogen) atoms. The van der Waals surface area contributed by atoms with E-state index in [4.69, 9.17) is 5.41 Å². The van der Waals surface area contributed by atoms with Crippen molar-refractivity contribution >= 4 is 5.91 Å². The third-order valence-corrected chi connectivity index (χ3v) is 6.88. The Kier molecular flexibility index (Phi) is 6.88. The minimum absolute atomic E-state index is 0.141. The van der Waals surface area contributed by atoms with Gasteiger partial charge in [-0.15, -0.1) is 0 Å². The van der Waals surface area contributed by atoms with Gasteiger partial charge in [0.25, 0.3) is 5.91 Å². The Morgan fingerprint density at radius 3 is 2.59 bits per heavy atom. The first-order valence-electron chi connectivity index (χ1n) is 12.5. The number of pyridine rings is 1. The molecule has 1 aliphatic rings. The summed E-state index contributed by atoms with van der Waals surface area (Å²) < 4.78 is 58.1. The molecule has 1 fully saturated rings. The van der Waals surface area contributed by atoms with E-state index in [0.717, 1.165) is 23.1 Å². The SMILES string of the molecule is Cc1cc([C@@H](NC(=O)c2cc(Cn3ccccc3=N)cc(-c3cn(C)nc3C(F)(F)F)c2)C2CC2)ccc1F. The monoisotopic (exact) mass is 537 g/mol.